The van der Waals surface area contributed by atoms with Gasteiger partial charge in [-0.05, 0) is 54.5 Å². The molecule has 0 N–H and O–H groups in total. The summed E-state index contributed by atoms with van der Waals surface area (Å²) in [7, 11) is 1.68. The molecular weight excluding hydrogens is 460 g/mol. The molecule has 0 amide bonds. The molecule has 2 atom stereocenters. The van der Waals surface area contributed by atoms with E-state index in [0.29, 0.717) is 13.0 Å². The fraction of sp³-hybridized carbons (Fsp3) is 0.613. The van der Waals surface area contributed by atoms with E-state index in [4.69, 9.17) is 9.72 Å². The summed E-state index contributed by atoms with van der Waals surface area (Å²) in [6.07, 6.45) is 10.1. The molecule has 2 aromatic rings. The van der Waals surface area contributed by atoms with E-state index in [1.54, 1.807) is 7.11 Å². The maximum absolute atomic E-state index is 11.1. The highest BCUT2D eigenvalue weighted by Gasteiger charge is 2.21. The normalized spacial score (nSPS) is 15.8. The molecule has 204 valence electrons. The van der Waals surface area contributed by atoms with E-state index in [9.17, 15) is 4.79 Å². The second kappa shape index (κ2) is 15.6. The Morgan fingerprint density at radius 1 is 1.03 bits per heavy atom. The summed E-state index contributed by atoms with van der Waals surface area (Å²) in [5.41, 5.74) is 2.22. The molecule has 1 aliphatic rings. The topological polar surface area (TPSA) is 48.9 Å². The van der Waals surface area contributed by atoms with Crippen LogP contribution in [0.5, 0.6) is 5.75 Å². The number of methoxy groups -OCH3 is 1. The summed E-state index contributed by atoms with van der Waals surface area (Å²) in [4.78, 5) is 23.2. The van der Waals surface area contributed by atoms with Gasteiger partial charge >= 0.3 is 0 Å². The van der Waals surface area contributed by atoms with Crippen LogP contribution in [0.25, 0.3) is 0 Å². The predicted molar refractivity (Wildman–Crippen MR) is 155 cm³/mol. The highest BCUT2D eigenvalue weighted by molar-refractivity contribution is 5.54. The number of anilines is 2. The molecule has 0 bridgehead atoms. The molecule has 0 saturated carbocycles. The Labute approximate surface area is 225 Å². The molecule has 1 fully saturated rings. The predicted octanol–water partition coefficient (Wildman–Crippen LogP) is 6.05. The van der Waals surface area contributed by atoms with Crippen molar-refractivity contribution in [2.45, 2.75) is 65.8 Å². The second-order valence-corrected chi connectivity index (χ2v) is 10.6. The van der Waals surface area contributed by atoms with Gasteiger partial charge in [0.2, 0.25) is 0 Å². The van der Waals surface area contributed by atoms with Crippen LogP contribution in [-0.4, -0.2) is 62.5 Å². The van der Waals surface area contributed by atoms with Crippen LogP contribution in [0, 0.1) is 11.8 Å². The number of rotatable bonds is 16. The van der Waals surface area contributed by atoms with E-state index in [2.05, 4.69) is 59.7 Å². The minimum atomic E-state index is 0.496. The van der Waals surface area contributed by atoms with Gasteiger partial charge in [-0.3, -0.25) is 4.90 Å². The molecule has 0 radical (unpaired) electrons. The lowest BCUT2D eigenvalue weighted by Gasteiger charge is -2.37. The lowest BCUT2D eigenvalue weighted by molar-refractivity contribution is -0.107. The summed E-state index contributed by atoms with van der Waals surface area (Å²) >= 11 is 0. The van der Waals surface area contributed by atoms with Crippen molar-refractivity contribution in [2.75, 3.05) is 56.2 Å². The Morgan fingerprint density at radius 2 is 1.78 bits per heavy atom. The van der Waals surface area contributed by atoms with Gasteiger partial charge in [-0.1, -0.05) is 52.2 Å². The largest absolute Gasteiger partial charge is 0.497 e. The van der Waals surface area contributed by atoms with Gasteiger partial charge in [0.05, 0.1) is 19.0 Å². The molecule has 3 rings (SSSR count). The molecule has 1 aliphatic heterocycles. The number of hydrogen-bond acceptors (Lipinski definition) is 6. The summed E-state index contributed by atoms with van der Waals surface area (Å²) in [6.45, 7) is 13.9. The number of piperazine rings is 1. The van der Waals surface area contributed by atoms with Crippen molar-refractivity contribution in [3.05, 3.63) is 48.2 Å². The van der Waals surface area contributed by atoms with Crippen molar-refractivity contribution >= 4 is 17.8 Å². The van der Waals surface area contributed by atoms with Crippen molar-refractivity contribution in [1.29, 1.82) is 0 Å². The minimum Gasteiger partial charge on any atom is -0.497 e. The van der Waals surface area contributed by atoms with Gasteiger partial charge in [0.25, 0.3) is 0 Å². The molecule has 6 heteroatoms. The number of carbonyl (C=O) groups is 1. The van der Waals surface area contributed by atoms with Crippen molar-refractivity contribution in [3.63, 3.8) is 0 Å². The van der Waals surface area contributed by atoms with Gasteiger partial charge in [0.15, 0.2) is 0 Å². The third-order valence-electron chi connectivity index (χ3n) is 7.82. The van der Waals surface area contributed by atoms with E-state index < -0.39 is 0 Å². The first-order valence-corrected chi connectivity index (χ1v) is 14.3. The zero-order valence-electron chi connectivity index (χ0n) is 23.6. The lowest BCUT2D eigenvalue weighted by Crippen LogP contribution is -2.48. The number of carbonyl (C=O) groups excluding carboxylic acids is 1. The second-order valence-electron chi connectivity index (χ2n) is 10.6. The lowest BCUT2D eigenvalue weighted by atomic mass is 9.92. The Balaban J connectivity index is 1.55. The SMILES string of the molecule is CCCC(CCC(C)CC)CN1CCN(c2ccc(N(CCC=O)Cc3ccc(OC)cc3)cn2)CC1. The Kier molecular flexibility index (Phi) is 12.2. The first-order chi connectivity index (χ1) is 18.1. The highest BCUT2D eigenvalue weighted by atomic mass is 16.5. The van der Waals surface area contributed by atoms with Gasteiger partial charge in [0.1, 0.15) is 17.9 Å². The summed E-state index contributed by atoms with van der Waals surface area (Å²) < 4.78 is 5.28. The average Bonchev–Trinajstić information content (AvgIpc) is 2.94. The van der Waals surface area contributed by atoms with Crippen molar-refractivity contribution < 1.29 is 9.53 Å². The Morgan fingerprint density at radius 3 is 2.38 bits per heavy atom. The first-order valence-electron chi connectivity index (χ1n) is 14.3. The maximum atomic E-state index is 11.1. The van der Waals surface area contributed by atoms with Crippen LogP contribution in [0.15, 0.2) is 42.6 Å². The first kappa shape index (κ1) is 29.0. The third kappa shape index (κ3) is 9.33. The quantitative estimate of drug-likeness (QED) is 0.257. The number of benzene rings is 1. The van der Waals surface area contributed by atoms with Gasteiger partial charge in [-0.15, -0.1) is 0 Å². The van der Waals surface area contributed by atoms with E-state index in [1.807, 2.05) is 18.3 Å². The van der Waals surface area contributed by atoms with Gasteiger partial charge in [0, 0.05) is 52.2 Å². The maximum Gasteiger partial charge on any atom is 0.128 e. The molecule has 2 heterocycles. The number of pyridine rings is 1. The number of hydrogen-bond donors (Lipinski definition) is 0. The zero-order valence-corrected chi connectivity index (χ0v) is 23.6. The standard InChI is InChI=1S/C31H48N4O2/c1-5-8-27(10-9-26(3)6-2)24-33-18-20-34(21-19-33)31-16-13-29(23-32-31)35(17-7-22-36)25-28-11-14-30(37-4)15-12-28/h11-16,22-23,26-27H,5-10,17-21,24-25H2,1-4H3. The van der Waals surface area contributed by atoms with Crippen LogP contribution >= 0.6 is 0 Å². The number of aldehydes is 1. The zero-order chi connectivity index (χ0) is 26.5. The average molecular weight is 509 g/mol. The van der Waals surface area contributed by atoms with E-state index >= 15 is 0 Å². The van der Waals surface area contributed by atoms with E-state index in [1.165, 1.54) is 44.2 Å². The number of nitrogens with zero attached hydrogens (tertiary/aromatic N) is 4. The molecular formula is C31H48N4O2. The summed E-state index contributed by atoms with van der Waals surface area (Å²) in [5.74, 6) is 3.56. The van der Waals surface area contributed by atoms with E-state index in [-0.39, 0.29) is 0 Å². The van der Waals surface area contributed by atoms with Crippen molar-refractivity contribution in [1.82, 2.24) is 9.88 Å². The molecule has 2 unspecified atom stereocenters. The van der Waals surface area contributed by atoms with Crippen molar-refractivity contribution in [2.24, 2.45) is 11.8 Å². The van der Waals surface area contributed by atoms with E-state index in [0.717, 1.165) is 68.1 Å². The molecule has 6 nitrogen and oxygen atoms in total. The van der Waals surface area contributed by atoms with Crippen LogP contribution in [0.4, 0.5) is 11.5 Å². The Hall–Kier alpha value is -2.60. The van der Waals surface area contributed by atoms with Crippen LogP contribution in [-0.2, 0) is 11.3 Å². The highest BCUT2D eigenvalue weighted by Crippen LogP contribution is 2.24. The molecule has 0 spiro atoms. The van der Waals surface area contributed by atoms with Gasteiger partial charge < -0.3 is 19.3 Å². The summed E-state index contributed by atoms with van der Waals surface area (Å²) in [6, 6.07) is 12.4. The van der Waals surface area contributed by atoms with Crippen LogP contribution in [0.3, 0.4) is 0 Å². The molecule has 1 aromatic carbocycles. The van der Waals surface area contributed by atoms with Gasteiger partial charge in [-0.2, -0.15) is 0 Å². The molecule has 1 saturated heterocycles. The fourth-order valence-electron chi connectivity index (χ4n) is 5.20. The molecule has 1 aromatic heterocycles. The third-order valence-corrected chi connectivity index (χ3v) is 7.82. The fourth-order valence-corrected chi connectivity index (χ4v) is 5.20. The number of aromatic nitrogens is 1. The van der Waals surface area contributed by atoms with Gasteiger partial charge in [-0.25, -0.2) is 4.98 Å². The minimum absolute atomic E-state index is 0.496. The monoisotopic (exact) mass is 508 g/mol. The van der Waals surface area contributed by atoms with Crippen molar-refractivity contribution in [3.8, 4) is 5.75 Å². The number of ether oxygens (including phenoxy) is 1. The molecule has 37 heavy (non-hydrogen) atoms. The summed E-state index contributed by atoms with van der Waals surface area (Å²) in [5, 5.41) is 0. The van der Waals surface area contributed by atoms with Crippen LogP contribution < -0.4 is 14.5 Å². The molecule has 0 aliphatic carbocycles. The van der Waals surface area contributed by atoms with Crippen LogP contribution in [0.1, 0.15) is 64.9 Å². The smallest absolute Gasteiger partial charge is 0.128 e. The van der Waals surface area contributed by atoms with Crippen LogP contribution in [0.2, 0.25) is 0 Å². The Bertz CT molecular complexity index is 894.